The highest BCUT2D eigenvalue weighted by atomic mass is 14.9. The number of nitrogens with zero attached hydrogens (tertiary/aromatic N) is 1. The van der Waals surface area contributed by atoms with E-state index < -0.39 is 0 Å². The smallest absolute Gasteiger partial charge is 0.0743 e. The zero-order valence-electron chi connectivity index (χ0n) is 9.70. The molecule has 0 bridgehead atoms. The number of anilines is 2. The van der Waals surface area contributed by atoms with Crippen LogP contribution < -0.4 is 11.1 Å². The molecule has 2 rings (SSSR count). The van der Waals surface area contributed by atoms with Gasteiger partial charge in [-0.2, -0.15) is 0 Å². The van der Waals surface area contributed by atoms with Crippen LogP contribution in [0.25, 0.3) is 10.9 Å². The van der Waals surface area contributed by atoms with Crippen LogP contribution in [0.2, 0.25) is 0 Å². The van der Waals surface area contributed by atoms with Gasteiger partial charge < -0.3 is 11.1 Å². The lowest BCUT2D eigenvalue weighted by molar-refractivity contribution is 0.765. The molecule has 0 amide bonds. The van der Waals surface area contributed by atoms with Crippen molar-refractivity contribution in [2.75, 3.05) is 11.1 Å². The van der Waals surface area contributed by atoms with Crippen molar-refractivity contribution in [1.82, 2.24) is 4.98 Å². The van der Waals surface area contributed by atoms with E-state index >= 15 is 0 Å². The van der Waals surface area contributed by atoms with Gasteiger partial charge in [0.2, 0.25) is 0 Å². The summed E-state index contributed by atoms with van der Waals surface area (Å²) < 4.78 is 0. The minimum atomic E-state index is 0.410. The molecule has 16 heavy (non-hydrogen) atoms. The lowest BCUT2D eigenvalue weighted by Crippen LogP contribution is -2.15. The third-order valence-corrected chi connectivity index (χ3v) is 2.81. The van der Waals surface area contributed by atoms with Gasteiger partial charge in [0, 0.05) is 11.4 Å². The molecule has 0 saturated carbocycles. The Bertz CT molecular complexity index is 494. The number of nitrogens with one attached hydrogen (secondary N) is 1. The van der Waals surface area contributed by atoms with Gasteiger partial charge in [-0.3, -0.25) is 4.98 Å². The summed E-state index contributed by atoms with van der Waals surface area (Å²) in [4.78, 5) is 4.31. The van der Waals surface area contributed by atoms with Gasteiger partial charge in [0.15, 0.2) is 0 Å². The molecule has 3 heteroatoms. The topological polar surface area (TPSA) is 50.9 Å². The zero-order chi connectivity index (χ0) is 11.5. The molecule has 2 aromatic rings. The Morgan fingerprint density at radius 3 is 2.88 bits per heavy atom. The van der Waals surface area contributed by atoms with Crippen LogP contribution in [0.4, 0.5) is 11.4 Å². The number of fused-ring (bicyclic) bond motifs is 1. The number of benzene rings is 1. The van der Waals surface area contributed by atoms with Crippen molar-refractivity contribution in [2.24, 2.45) is 0 Å². The summed E-state index contributed by atoms with van der Waals surface area (Å²) >= 11 is 0. The Kier molecular flexibility index (Phi) is 2.95. The van der Waals surface area contributed by atoms with Gasteiger partial charge in [-0.15, -0.1) is 0 Å². The van der Waals surface area contributed by atoms with Crippen molar-refractivity contribution in [3.63, 3.8) is 0 Å². The molecule has 3 N–H and O–H groups in total. The molecule has 1 atom stereocenters. The molecule has 0 radical (unpaired) electrons. The molecule has 0 aliphatic carbocycles. The van der Waals surface area contributed by atoms with Crippen molar-refractivity contribution in [3.8, 4) is 0 Å². The number of aromatic nitrogens is 1. The molecule has 3 nitrogen and oxygen atoms in total. The maximum atomic E-state index is 5.96. The molecule has 0 spiro atoms. The molecule has 1 heterocycles. The number of pyridine rings is 1. The predicted octanol–water partition coefficient (Wildman–Crippen LogP) is 3.03. The lowest BCUT2D eigenvalue weighted by atomic mass is 10.1. The van der Waals surface area contributed by atoms with Crippen LogP contribution in [-0.4, -0.2) is 11.0 Å². The Labute approximate surface area is 95.7 Å². The standard InChI is InChI=1S/C13H17N3/c1-3-9(2)16-13-10-6-4-5-7-12(10)15-8-11(13)14/h4-9H,3,14H2,1-2H3,(H,15,16). The summed E-state index contributed by atoms with van der Waals surface area (Å²) in [6.45, 7) is 4.30. The lowest BCUT2D eigenvalue weighted by Gasteiger charge is -2.16. The van der Waals surface area contributed by atoms with Gasteiger partial charge in [0.1, 0.15) is 0 Å². The molecule has 0 fully saturated rings. The quantitative estimate of drug-likeness (QED) is 0.827. The summed E-state index contributed by atoms with van der Waals surface area (Å²) in [5.41, 5.74) is 8.65. The maximum Gasteiger partial charge on any atom is 0.0743 e. The van der Waals surface area contributed by atoms with Crippen molar-refractivity contribution in [2.45, 2.75) is 26.3 Å². The predicted molar refractivity (Wildman–Crippen MR) is 69.5 cm³/mol. The number of rotatable bonds is 3. The number of nitrogen functional groups attached to an aromatic ring is 1. The van der Waals surface area contributed by atoms with Crippen molar-refractivity contribution < 1.29 is 0 Å². The molecular weight excluding hydrogens is 198 g/mol. The molecular formula is C13H17N3. The molecule has 1 aromatic carbocycles. The first-order valence-electron chi connectivity index (χ1n) is 5.62. The fourth-order valence-electron chi connectivity index (χ4n) is 1.67. The highest BCUT2D eigenvalue weighted by Crippen LogP contribution is 2.28. The van der Waals surface area contributed by atoms with E-state index in [-0.39, 0.29) is 0 Å². The Morgan fingerprint density at radius 2 is 2.12 bits per heavy atom. The van der Waals surface area contributed by atoms with E-state index in [1.807, 2.05) is 24.3 Å². The average Bonchev–Trinajstić information content (AvgIpc) is 2.32. The fourth-order valence-corrected chi connectivity index (χ4v) is 1.67. The molecule has 84 valence electrons. The van der Waals surface area contributed by atoms with E-state index in [1.54, 1.807) is 6.20 Å². The zero-order valence-corrected chi connectivity index (χ0v) is 9.70. The van der Waals surface area contributed by atoms with Crippen LogP contribution >= 0.6 is 0 Å². The number of hydrogen-bond acceptors (Lipinski definition) is 3. The van der Waals surface area contributed by atoms with Gasteiger partial charge in [-0.05, 0) is 19.4 Å². The van der Waals surface area contributed by atoms with Gasteiger partial charge in [-0.25, -0.2) is 0 Å². The van der Waals surface area contributed by atoms with Gasteiger partial charge in [0.25, 0.3) is 0 Å². The van der Waals surface area contributed by atoms with E-state index in [9.17, 15) is 0 Å². The Hall–Kier alpha value is -1.77. The average molecular weight is 215 g/mol. The normalized spacial score (nSPS) is 12.6. The SMILES string of the molecule is CCC(C)Nc1c(N)cnc2ccccc12. The van der Waals surface area contributed by atoms with Crippen molar-refractivity contribution in [3.05, 3.63) is 30.5 Å². The van der Waals surface area contributed by atoms with Crippen LogP contribution in [0.5, 0.6) is 0 Å². The molecule has 0 saturated heterocycles. The summed E-state index contributed by atoms with van der Waals surface area (Å²) in [6, 6.07) is 8.44. The van der Waals surface area contributed by atoms with Crippen molar-refractivity contribution in [1.29, 1.82) is 0 Å². The van der Waals surface area contributed by atoms with Crippen LogP contribution in [0, 0.1) is 0 Å². The minimum Gasteiger partial charge on any atom is -0.396 e. The minimum absolute atomic E-state index is 0.410. The van der Waals surface area contributed by atoms with E-state index in [1.165, 1.54) is 0 Å². The first kappa shape index (κ1) is 10.7. The first-order chi connectivity index (χ1) is 7.72. The molecule has 0 aliphatic rings. The van der Waals surface area contributed by atoms with Crippen LogP contribution in [0.15, 0.2) is 30.5 Å². The summed E-state index contributed by atoms with van der Waals surface area (Å²) in [7, 11) is 0. The summed E-state index contributed by atoms with van der Waals surface area (Å²) in [6.07, 6.45) is 2.78. The van der Waals surface area contributed by atoms with Gasteiger partial charge >= 0.3 is 0 Å². The second-order valence-corrected chi connectivity index (χ2v) is 4.06. The molecule has 0 aliphatic heterocycles. The van der Waals surface area contributed by atoms with Gasteiger partial charge in [0.05, 0.1) is 23.1 Å². The highest BCUT2D eigenvalue weighted by molar-refractivity contribution is 5.96. The van der Waals surface area contributed by atoms with Gasteiger partial charge in [-0.1, -0.05) is 25.1 Å². The second kappa shape index (κ2) is 4.39. The second-order valence-electron chi connectivity index (χ2n) is 4.06. The van der Waals surface area contributed by atoms with Crippen LogP contribution in [0.1, 0.15) is 20.3 Å². The monoisotopic (exact) mass is 215 g/mol. The third-order valence-electron chi connectivity index (χ3n) is 2.81. The fraction of sp³-hybridized carbons (Fsp3) is 0.308. The summed E-state index contributed by atoms with van der Waals surface area (Å²) in [5, 5.41) is 4.52. The van der Waals surface area contributed by atoms with Crippen molar-refractivity contribution >= 4 is 22.3 Å². The van der Waals surface area contributed by atoms with E-state index in [0.29, 0.717) is 11.7 Å². The largest absolute Gasteiger partial charge is 0.396 e. The van der Waals surface area contributed by atoms with E-state index in [0.717, 1.165) is 23.0 Å². The Balaban J connectivity index is 2.52. The first-order valence-corrected chi connectivity index (χ1v) is 5.62. The van der Waals surface area contributed by atoms with E-state index in [4.69, 9.17) is 5.73 Å². The summed E-state index contributed by atoms with van der Waals surface area (Å²) in [5.74, 6) is 0. The molecule has 1 unspecified atom stereocenters. The van der Waals surface area contributed by atoms with Crippen LogP contribution in [0.3, 0.4) is 0 Å². The highest BCUT2D eigenvalue weighted by Gasteiger charge is 2.07. The third kappa shape index (κ3) is 1.94. The number of hydrogen-bond donors (Lipinski definition) is 2. The number of nitrogens with two attached hydrogens (primary N) is 1. The van der Waals surface area contributed by atoms with Crippen LogP contribution in [-0.2, 0) is 0 Å². The van der Waals surface area contributed by atoms with E-state index in [2.05, 4.69) is 24.1 Å². The molecule has 1 aromatic heterocycles. The Morgan fingerprint density at radius 1 is 1.38 bits per heavy atom. The number of para-hydroxylation sites is 1. The maximum absolute atomic E-state index is 5.96.